The molecule has 1 heterocycles. The second-order valence-electron chi connectivity index (χ2n) is 9.29. The molecule has 0 bridgehead atoms. The number of halogens is 1. The summed E-state index contributed by atoms with van der Waals surface area (Å²) in [5.74, 6) is 1.53. The second-order valence-corrected chi connectivity index (χ2v) is 10.2. The van der Waals surface area contributed by atoms with Gasteiger partial charge in [0.05, 0.1) is 18.9 Å². The molecule has 0 spiro atoms. The molecule has 1 unspecified atom stereocenters. The molecule has 2 aliphatic rings. The first-order valence-electron chi connectivity index (χ1n) is 12.2. The highest BCUT2D eigenvalue weighted by Crippen LogP contribution is 2.46. The van der Waals surface area contributed by atoms with Crippen molar-refractivity contribution in [2.75, 3.05) is 7.11 Å². The van der Waals surface area contributed by atoms with E-state index in [9.17, 15) is 10.1 Å². The zero-order valence-electron chi connectivity index (χ0n) is 20.2. The molecule has 1 saturated carbocycles. The number of rotatable bonds is 7. The highest BCUT2D eigenvalue weighted by Gasteiger charge is 2.33. The van der Waals surface area contributed by atoms with Gasteiger partial charge in [0.25, 0.3) is 0 Å². The van der Waals surface area contributed by atoms with Gasteiger partial charge in [-0.1, -0.05) is 48.2 Å². The standard InChI is InChI=1S/C28H31BrN2O4/c1-3-4-5-17-6-8-18(9-7-17)28(32)34-20-11-12-21-25(15-20)35-27(31)23(16-30)26(21)22-14-19(29)10-13-24(22)33-2/h10-15,17-18,26H,3-9,31H2,1-2H3. The zero-order valence-corrected chi connectivity index (χ0v) is 21.8. The predicted molar refractivity (Wildman–Crippen MR) is 137 cm³/mol. The molecular weight excluding hydrogens is 508 g/mol. The number of allylic oxidation sites excluding steroid dienone is 1. The van der Waals surface area contributed by atoms with Crippen molar-refractivity contribution in [3.05, 3.63) is 63.5 Å². The lowest BCUT2D eigenvalue weighted by Crippen LogP contribution is -2.26. The molecule has 7 heteroatoms. The number of carbonyl (C=O) groups is 1. The number of unbranched alkanes of at least 4 members (excludes halogenated alkanes) is 1. The summed E-state index contributed by atoms with van der Waals surface area (Å²) in [6, 6.07) is 13.1. The predicted octanol–water partition coefficient (Wildman–Crippen LogP) is 6.58. The van der Waals surface area contributed by atoms with Crippen molar-refractivity contribution in [1.82, 2.24) is 0 Å². The van der Waals surface area contributed by atoms with E-state index in [2.05, 4.69) is 28.9 Å². The van der Waals surface area contributed by atoms with E-state index < -0.39 is 5.92 Å². The van der Waals surface area contributed by atoms with Gasteiger partial charge in [-0.05, 0) is 55.9 Å². The van der Waals surface area contributed by atoms with Crippen molar-refractivity contribution < 1.29 is 19.0 Å². The van der Waals surface area contributed by atoms with Crippen molar-refractivity contribution in [3.63, 3.8) is 0 Å². The van der Waals surface area contributed by atoms with Crippen LogP contribution in [0.2, 0.25) is 0 Å². The Morgan fingerprint density at radius 2 is 1.94 bits per heavy atom. The molecule has 1 atom stereocenters. The minimum Gasteiger partial charge on any atom is -0.496 e. The lowest BCUT2D eigenvalue weighted by Gasteiger charge is -2.28. The third-order valence-electron chi connectivity index (χ3n) is 7.06. The Morgan fingerprint density at radius 1 is 1.17 bits per heavy atom. The zero-order chi connectivity index (χ0) is 24.9. The number of esters is 1. The minimum atomic E-state index is -0.473. The van der Waals surface area contributed by atoms with Crippen LogP contribution in [-0.4, -0.2) is 13.1 Å². The third-order valence-corrected chi connectivity index (χ3v) is 7.55. The van der Waals surface area contributed by atoms with Gasteiger partial charge in [0.2, 0.25) is 5.88 Å². The van der Waals surface area contributed by atoms with Crippen LogP contribution >= 0.6 is 15.9 Å². The van der Waals surface area contributed by atoms with E-state index in [1.807, 2.05) is 24.3 Å². The van der Waals surface area contributed by atoms with Crippen LogP contribution in [-0.2, 0) is 4.79 Å². The first kappa shape index (κ1) is 25.1. The van der Waals surface area contributed by atoms with E-state index in [0.29, 0.717) is 22.8 Å². The molecule has 0 radical (unpaired) electrons. The topological polar surface area (TPSA) is 94.6 Å². The third kappa shape index (κ3) is 5.48. The Balaban J connectivity index is 1.55. The largest absolute Gasteiger partial charge is 0.496 e. The summed E-state index contributed by atoms with van der Waals surface area (Å²) in [6.45, 7) is 2.22. The first-order chi connectivity index (χ1) is 16.9. The Labute approximate surface area is 215 Å². The fourth-order valence-corrected chi connectivity index (χ4v) is 5.51. The van der Waals surface area contributed by atoms with Gasteiger partial charge < -0.3 is 19.9 Å². The fourth-order valence-electron chi connectivity index (χ4n) is 5.13. The number of hydrogen-bond acceptors (Lipinski definition) is 6. The molecule has 2 N–H and O–H groups in total. The maximum absolute atomic E-state index is 12.9. The monoisotopic (exact) mass is 538 g/mol. The van der Waals surface area contributed by atoms with Crippen LogP contribution in [0.5, 0.6) is 17.2 Å². The number of hydrogen-bond donors (Lipinski definition) is 1. The van der Waals surface area contributed by atoms with E-state index in [-0.39, 0.29) is 17.8 Å². The SMILES string of the molecule is CCCCC1CCC(C(=O)Oc2ccc3c(c2)OC(N)=C(C#N)C3c2cc(Br)ccc2OC)CC1. The molecule has 2 aromatic rings. The Bertz CT molecular complexity index is 1160. The summed E-state index contributed by atoms with van der Waals surface area (Å²) in [7, 11) is 1.59. The Kier molecular flexibility index (Phi) is 8.02. The fraction of sp³-hybridized carbons (Fsp3) is 0.429. The van der Waals surface area contributed by atoms with Crippen LogP contribution in [0.1, 0.15) is 68.9 Å². The second kappa shape index (κ2) is 11.2. The number of fused-ring (bicyclic) bond motifs is 1. The summed E-state index contributed by atoms with van der Waals surface area (Å²) in [5, 5.41) is 9.85. The van der Waals surface area contributed by atoms with E-state index in [0.717, 1.165) is 47.2 Å². The van der Waals surface area contributed by atoms with E-state index >= 15 is 0 Å². The molecule has 1 fully saturated rings. The number of nitriles is 1. The number of carbonyl (C=O) groups excluding carboxylic acids is 1. The van der Waals surface area contributed by atoms with Gasteiger partial charge in [-0.3, -0.25) is 4.79 Å². The van der Waals surface area contributed by atoms with E-state index in [1.54, 1.807) is 19.2 Å². The normalized spacial score (nSPS) is 21.5. The minimum absolute atomic E-state index is 0.0286. The maximum Gasteiger partial charge on any atom is 0.314 e. The number of nitrogens with zero attached hydrogens (tertiary/aromatic N) is 1. The van der Waals surface area contributed by atoms with Crippen LogP contribution in [0.25, 0.3) is 0 Å². The van der Waals surface area contributed by atoms with Crippen molar-refractivity contribution in [1.29, 1.82) is 5.26 Å². The van der Waals surface area contributed by atoms with Crippen LogP contribution in [0, 0.1) is 23.2 Å². The Morgan fingerprint density at radius 3 is 2.63 bits per heavy atom. The molecule has 2 aromatic carbocycles. The number of methoxy groups -OCH3 is 1. The molecule has 1 aliphatic carbocycles. The average molecular weight is 539 g/mol. The Hall–Kier alpha value is -2.98. The molecule has 0 saturated heterocycles. The molecular formula is C28H31BrN2O4. The van der Waals surface area contributed by atoms with Crippen LogP contribution in [0.15, 0.2) is 52.3 Å². The smallest absolute Gasteiger partial charge is 0.314 e. The number of nitrogens with two attached hydrogens (primary N) is 1. The molecule has 4 rings (SSSR count). The highest BCUT2D eigenvalue weighted by molar-refractivity contribution is 9.10. The number of ether oxygens (including phenoxy) is 3. The molecule has 35 heavy (non-hydrogen) atoms. The summed E-state index contributed by atoms with van der Waals surface area (Å²) in [4.78, 5) is 12.9. The van der Waals surface area contributed by atoms with Gasteiger partial charge in [0.1, 0.15) is 28.9 Å². The molecule has 1 aliphatic heterocycles. The lowest BCUT2D eigenvalue weighted by atomic mass is 9.80. The summed E-state index contributed by atoms with van der Waals surface area (Å²) >= 11 is 3.51. The van der Waals surface area contributed by atoms with Gasteiger partial charge >= 0.3 is 5.97 Å². The summed E-state index contributed by atoms with van der Waals surface area (Å²) < 4.78 is 18.0. The van der Waals surface area contributed by atoms with Crippen LogP contribution in [0.4, 0.5) is 0 Å². The van der Waals surface area contributed by atoms with Gasteiger partial charge in [0, 0.05) is 21.7 Å². The number of benzene rings is 2. The quantitative estimate of drug-likeness (QED) is 0.316. The highest BCUT2D eigenvalue weighted by atomic mass is 79.9. The van der Waals surface area contributed by atoms with Crippen molar-refractivity contribution in [3.8, 4) is 23.3 Å². The summed E-state index contributed by atoms with van der Waals surface area (Å²) in [5.41, 5.74) is 8.00. The average Bonchev–Trinajstić information content (AvgIpc) is 2.86. The van der Waals surface area contributed by atoms with Gasteiger partial charge in [-0.2, -0.15) is 5.26 Å². The lowest BCUT2D eigenvalue weighted by molar-refractivity contribution is -0.140. The van der Waals surface area contributed by atoms with Gasteiger partial charge in [-0.25, -0.2) is 0 Å². The van der Waals surface area contributed by atoms with E-state index in [4.69, 9.17) is 19.9 Å². The van der Waals surface area contributed by atoms with Crippen molar-refractivity contribution >= 4 is 21.9 Å². The maximum atomic E-state index is 12.9. The molecule has 0 amide bonds. The molecule has 6 nitrogen and oxygen atoms in total. The van der Waals surface area contributed by atoms with Crippen LogP contribution in [0.3, 0.4) is 0 Å². The van der Waals surface area contributed by atoms with Gasteiger partial charge in [0.15, 0.2) is 0 Å². The molecule has 0 aromatic heterocycles. The van der Waals surface area contributed by atoms with Gasteiger partial charge in [-0.15, -0.1) is 0 Å². The van der Waals surface area contributed by atoms with Crippen molar-refractivity contribution in [2.45, 2.75) is 57.8 Å². The summed E-state index contributed by atoms with van der Waals surface area (Å²) in [6.07, 6.45) is 7.65. The molecule has 184 valence electrons. The van der Waals surface area contributed by atoms with Crippen molar-refractivity contribution in [2.24, 2.45) is 17.6 Å². The van der Waals surface area contributed by atoms with Crippen LogP contribution < -0.4 is 19.9 Å². The van der Waals surface area contributed by atoms with E-state index in [1.165, 1.54) is 19.3 Å². The first-order valence-corrected chi connectivity index (χ1v) is 13.0.